The molecular weight excluding hydrogens is 326 g/mol. The highest BCUT2D eigenvalue weighted by Crippen LogP contribution is 2.36. The van der Waals surface area contributed by atoms with Crippen LogP contribution in [-0.4, -0.2) is 6.61 Å². The average Bonchev–Trinajstić information content (AvgIpc) is 2.48. The van der Waals surface area contributed by atoms with Crippen LogP contribution in [-0.2, 0) is 0 Å². The molecule has 2 nitrogen and oxygen atoms in total. The lowest BCUT2D eigenvalue weighted by Gasteiger charge is -2.28. The molecule has 0 saturated carbocycles. The normalized spacial score (nSPS) is 17.2. The maximum atomic E-state index is 5.75. The molecule has 0 amide bonds. The number of rotatable bonds is 3. The van der Waals surface area contributed by atoms with Gasteiger partial charge in [-0.1, -0.05) is 41.9 Å². The number of nitrogens with one attached hydrogen (secondary N) is 1. The zero-order valence-corrected chi connectivity index (χ0v) is 14.0. The number of fused-ring (bicyclic) bond motifs is 1. The molecule has 2 aromatic carbocycles. The number of halogens is 1. The summed E-state index contributed by atoms with van der Waals surface area (Å²) in [4.78, 5) is 0. The van der Waals surface area contributed by atoms with Crippen LogP contribution in [0.4, 0.5) is 5.69 Å². The number of benzene rings is 2. The molecule has 0 spiro atoms. The van der Waals surface area contributed by atoms with Crippen LogP contribution in [0.3, 0.4) is 0 Å². The molecule has 1 aliphatic heterocycles. The van der Waals surface area contributed by atoms with Crippen LogP contribution in [0.1, 0.15) is 43.4 Å². The molecule has 21 heavy (non-hydrogen) atoms. The molecule has 0 bridgehead atoms. The van der Waals surface area contributed by atoms with Crippen LogP contribution in [0.5, 0.6) is 5.75 Å². The first-order valence-electron chi connectivity index (χ1n) is 7.42. The summed E-state index contributed by atoms with van der Waals surface area (Å²) in [6.45, 7) is 5.20. The van der Waals surface area contributed by atoms with Gasteiger partial charge >= 0.3 is 0 Å². The number of hydrogen-bond donors (Lipinski definition) is 1. The Bertz CT molecular complexity index is 639. The number of ether oxygens (including phenoxy) is 1. The van der Waals surface area contributed by atoms with Crippen molar-refractivity contribution in [2.24, 2.45) is 0 Å². The highest BCUT2D eigenvalue weighted by atomic mass is 79.9. The Labute approximate surface area is 134 Å². The summed E-state index contributed by atoms with van der Waals surface area (Å²) in [5.41, 5.74) is 3.77. The van der Waals surface area contributed by atoms with Gasteiger partial charge in [-0.3, -0.25) is 0 Å². The van der Waals surface area contributed by atoms with Gasteiger partial charge in [0.1, 0.15) is 5.75 Å². The Morgan fingerprint density at radius 2 is 2.05 bits per heavy atom. The minimum absolute atomic E-state index is 0.300. The molecule has 3 heteroatoms. The first kappa shape index (κ1) is 14.5. The predicted molar refractivity (Wildman–Crippen MR) is 91.1 cm³/mol. The smallest absolute Gasteiger partial charge is 0.124 e. The zero-order chi connectivity index (χ0) is 14.8. The summed E-state index contributed by atoms with van der Waals surface area (Å²) in [6.07, 6.45) is 0.982. The zero-order valence-electron chi connectivity index (χ0n) is 12.4. The highest BCUT2D eigenvalue weighted by molar-refractivity contribution is 9.10. The molecule has 1 N–H and O–H groups in total. The number of hydrogen-bond acceptors (Lipinski definition) is 2. The minimum atomic E-state index is 0.300. The molecular formula is C18H20BrNO. The van der Waals surface area contributed by atoms with Gasteiger partial charge in [0.15, 0.2) is 0 Å². The lowest BCUT2D eigenvalue weighted by Crippen LogP contribution is -2.20. The van der Waals surface area contributed by atoms with E-state index in [0.717, 1.165) is 23.2 Å². The van der Waals surface area contributed by atoms with Gasteiger partial charge in [0, 0.05) is 22.1 Å². The maximum absolute atomic E-state index is 5.75. The van der Waals surface area contributed by atoms with E-state index in [1.807, 2.05) is 12.1 Å². The van der Waals surface area contributed by atoms with Crippen LogP contribution in [0, 0.1) is 0 Å². The molecule has 0 radical (unpaired) electrons. The standard InChI is InChI=1S/C18H20BrNO/c1-12(2)13-4-3-5-15(10-13)20-17-8-9-21-18-7-6-14(19)11-16(17)18/h3-7,10-12,17,20H,8-9H2,1-2H3. The summed E-state index contributed by atoms with van der Waals surface area (Å²) in [5, 5.41) is 3.66. The van der Waals surface area contributed by atoms with Crippen molar-refractivity contribution in [2.45, 2.75) is 32.2 Å². The lowest BCUT2D eigenvalue weighted by molar-refractivity contribution is 0.274. The van der Waals surface area contributed by atoms with Crippen molar-refractivity contribution in [3.63, 3.8) is 0 Å². The van der Waals surface area contributed by atoms with Crippen molar-refractivity contribution >= 4 is 21.6 Å². The third kappa shape index (κ3) is 3.24. The van der Waals surface area contributed by atoms with Gasteiger partial charge in [-0.25, -0.2) is 0 Å². The van der Waals surface area contributed by atoms with E-state index in [9.17, 15) is 0 Å². The monoisotopic (exact) mass is 345 g/mol. The van der Waals surface area contributed by atoms with Crippen molar-refractivity contribution in [1.82, 2.24) is 0 Å². The van der Waals surface area contributed by atoms with Gasteiger partial charge in [-0.15, -0.1) is 0 Å². The van der Waals surface area contributed by atoms with Crippen molar-refractivity contribution in [2.75, 3.05) is 11.9 Å². The predicted octanol–water partition coefficient (Wildman–Crippen LogP) is 5.51. The second-order valence-corrected chi connectivity index (χ2v) is 6.71. The van der Waals surface area contributed by atoms with E-state index >= 15 is 0 Å². The van der Waals surface area contributed by atoms with Gasteiger partial charge in [0.05, 0.1) is 12.6 Å². The first-order chi connectivity index (χ1) is 10.1. The fraction of sp³-hybridized carbons (Fsp3) is 0.333. The Kier molecular flexibility index (Phi) is 4.20. The number of anilines is 1. The van der Waals surface area contributed by atoms with Crippen molar-refractivity contribution < 1.29 is 4.74 Å². The molecule has 0 aliphatic carbocycles. The molecule has 1 unspecified atom stereocenters. The highest BCUT2D eigenvalue weighted by Gasteiger charge is 2.21. The molecule has 110 valence electrons. The second-order valence-electron chi connectivity index (χ2n) is 5.80. The van der Waals surface area contributed by atoms with Crippen molar-refractivity contribution in [3.8, 4) is 5.75 Å². The second kappa shape index (κ2) is 6.10. The third-order valence-electron chi connectivity index (χ3n) is 3.91. The van der Waals surface area contributed by atoms with Gasteiger partial charge in [0.2, 0.25) is 0 Å². The fourth-order valence-corrected chi connectivity index (χ4v) is 3.08. The van der Waals surface area contributed by atoms with Crippen LogP contribution in [0.15, 0.2) is 46.9 Å². The van der Waals surface area contributed by atoms with Crippen LogP contribution in [0.2, 0.25) is 0 Å². The van der Waals surface area contributed by atoms with E-state index in [1.54, 1.807) is 0 Å². The molecule has 0 aromatic heterocycles. The van der Waals surface area contributed by atoms with E-state index in [4.69, 9.17) is 4.74 Å². The van der Waals surface area contributed by atoms with Crippen molar-refractivity contribution in [3.05, 3.63) is 58.1 Å². The quantitative estimate of drug-likeness (QED) is 0.791. The van der Waals surface area contributed by atoms with E-state index in [-0.39, 0.29) is 0 Å². The Morgan fingerprint density at radius 3 is 2.86 bits per heavy atom. The summed E-state index contributed by atoms with van der Waals surface area (Å²) >= 11 is 3.55. The maximum Gasteiger partial charge on any atom is 0.124 e. The average molecular weight is 346 g/mol. The summed E-state index contributed by atoms with van der Waals surface area (Å²) in [5.74, 6) is 1.53. The minimum Gasteiger partial charge on any atom is -0.493 e. The molecule has 0 saturated heterocycles. The topological polar surface area (TPSA) is 21.3 Å². The SMILES string of the molecule is CC(C)c1cccc(NC2CCOc3ccc(Br)cc32)c1. The summed E-state index contributed by atoms with van der Waals surface area (Å²) in [7, 11) is 0. The van der Waals surface area contributed by atoms with Gasteiger partial charge < -0.3 is 10.1 Å². The first-order valence-corrected chi connectivity index (χ1v) is 8.21. The molecule has 2 aromatic rings. The van der Waals surface area contributed by atoms with E-state index < -0.39 is 0 Å². The molecule has 1 atom stereocenters. The molecule has 1 heterocycles. The van der Waals surface area contributed by atoms with Gasteiger partial charge in [-0.05, 0) is 41.8 Å². The molecule has 1 aliphatic rings. The van der Waals surface area contributed by atoms with Crippen LogP contribution in [0.25, 0.3) is 0 Å². The van der Waals surface area contributed by atoms with Crippen LogP contribution < -0.4 is 10.1 Å². The van der Waals surface area contributed by atoms with E-state index in [0.29, 0.717) is 12.0 Å². The fourth-order valence-electron chi connectivity index (χ4n) is 2.70. The largest absolute Gasteiger partial charge is 0.493 e. The third-order valence-corrected chi connectivity index (χ3v) is 4.40. The van der Waals surface area contributed by atoms with E-state index in [1.165, 1.54) is 16.8 Å². The van der Waals surface area contributed by atoms with Gasteiger partial charge in [0.25, 0.3) is 0 Å². The summed E-state index contributed by atoms with van der Waals surface area (Å²) in [6, 6.07) is 15.2. The lowest BCUT2D eigenvalue weighted by atomic mass is 9.99. The Balaban J connectivity index is 1.86. The van der Waals surface area contributed by atoms with E-state index in [2.05, 4.69) is 65.4 Å². The molecule has 3 rings (SSSR count). The van der Waals surface area contributed by atoms with Crippen LogP contribution >= 0.6 is 15.9 Å². The Hall–Kier alpha value is -1.48. The molecule has 0 fully saturated rings. The van der Waals surface area contributed by atoms with Gasteiger partial charge in [-0.2, -0.15) is 0 Å². The Morgan fingerprint density at radius 1 is 1.19 bits per heavy atom. The van der Waals surface area contributed by atoms with Crippen molar-refractivity contribution in [1.29, 1.82) is 0 Å². The summed E-state index contributed by atoms with van der Waals surface area (Å²) < 4.78 is 6.84.